The van der Waals surface area contributed by atoms with Crippen LogP contribution >= 0.6 is 11.3 Å². The number of anilines is 3. The monoisotopic (exact) mass is 583 g/mol. The van der Waals surface area contributed by atoms with E-state index in [4.69, 9.17) is 0 Å². The number of rotatable bonds is 6. The highest BCUT2D eigenvalue weighted by Crippen LogP contribution is 2.31. The van der Waals surface area contributed by atoms with Crippen molar-refractivity contribution < 1.29 is 20.5 Å². The molecule has 2 aliphatic rings. The van der Waals surface area contributed by atoms with Crippen molar-refractivity contribution in [3.63, 3.8) is 0 Å². The van der Waals surface area contributed by atoms with Crippen molar-refractivity contribution in [1.82, 2.24) is 9.88 Å². The van der Waals surface area contributed by atoms with Crippen molar-refractivity contribution in [2.24, 2.45) is 0 Å². The number of hydrogen-bond donors (Lipinski definition) is 1. The Balaban J connectivity index is 0.00000202. The van der Waals surface area contributed by atoms with Crippen LogP contribution < -0.4 is 14.5 Å². The van der Waals surface area contributed by atoms with Crippen LogP contribution in [0.4, 0.5) is 20.9 Å². The lowest BCUT2D eigenvalue weighted by molar-refractivity contribution is -0.132. The molecule has 212 valence electrons. The van der Waals surface area contributed by atoms with E-state index in [0.717, 1.165) is 46.5 Å². The summed E-state index contributed by atoms with van der Waals surface area (Å²) in [5.74, 6) is -0.176. The maximum atomic E-state index is 13.7. The van der Waals surface area contributed by atoms with Crippen LogP contribution in [0.1, 0.15) is 21.8 Å². The molecule has 11 heteroatoms. The van der Waals surface area contributed by atoms with E-state index < -0.39 is 10.0 Å². The van der Waals surface area contributed by atoms with Crippen molar-refractivity contribution in [3.05, 3.63) is 78.1 Å². The second kappa shape index (κ2) is 10.7. The first-order valence-corrected chi connectivity index (χ1v) is 15.7. The fourth-order valence-electron chi connectivity index (χ4n) is 5.51. The lowest BCUT2D eigenvalue weighted by Gasteiger charge is -2.41. The van der Waals surface area contributed by atoms with Crippen LogP contribution in [-0.4, -0.2) is 63.0 Å². The van der Waals surface area contributed by atoms with Crippen LogP contribution in [0.3, 0.4) is 0 Å². The molecule has 40 heavy (non-hydrogen) atoms. The van der Waals surface area contributed by atoms with Crippen LogP contribution in [-0.2, 0) is 21.2 Å². The molecule has 0 radical (unpaired) electrons. The normalized spacial score (nSPS) is 16.6. The number of aromatic nitrogens is 1. The number of para-hydroxylation sites is 1. The summed E-state index contributed by atoms with van der Waals surface area (Å²) >= 11 is 1.30. The zero-order chi connectivity index (χ0) is 27.9. The highest BCUT2D eigenvalue weighted by molar-refractivity contribution is 7.93. The van der Waals surface area contributed by atoms with E-state index in [9.17, 15) is 17.6 Å². The van der Waals surface area contributed by atoms with Gasteiger partial charge in [0.15, 0.2) is 5.13 Å². The van der Waals surface area contributed by atoms with Crippen LogP contribution in [0.2, 0.25) is 0 Å². The zero-order valence-electron chi connectivity index (χ0n) is 22.1. The Morgan fingerprint density at radius 3 is 2.52 bits per heavy atom. The van der Waals surface area contributed by atoms with E-state index in [2.05, 4.69) is 19.5 Å². The van der Waals surface area contributed by atoms with E-state index in [-0.39, 0.29) is 25.5 Å². The molecule has 3 heterocycles. The fraction of sp³-hybridized carbons (Fsp3) is 0.310. The van der Waals surface area contributed by atoms with Crippen LogP contribution in [0, 0.1) is 5.82 Å². The van der Waals surface area contributed by atoms with Crippen molar-refractivity contribution in [3.8, 4) is 0 Å². The fourth-order valence-corrected chi connectivity index (χ4v) is 7.61. The summed E-state index contributed by atoms with van der Waals surface area (Å²) in [4.78, 5) is 24.1. The molecule has 0 spiro atoms. The van der Waals surface area contributed by atoms with E-state index in [1.807, 2.05) is 36.1 Å². The Morgan fingerprint density at radius 1 is 1.02 bits per heavy atom. The van der Waals surface area contributed by atoms with Gasteiger partial charge in [0.1, 0.15) is 11.9 Å². The zero-order valence-corrected chi connectivity index (χ0v) is 23.7. The molecule has 1 aromatic heterocycles. The van der Waals surface area contributed by atoms with Gasteiger partial charge in [-0.25, -0.2) is 17.8 Å². The SMILES string of the molecule is C[C@@H](C(=O)N1CCN(c2ccc(S(=O)(=O)Nc3nc4ccccc4s3)cc2)CC1)N1CCCc2cc(F)ccc21.[HH].[HH]. The highest BCUT2D eigenvalue weighted by atomic mass is 32.2. The number of fused-ring (bicyclic) bond motifs is 2. The van der Waals surface area contributed by atoms with Crippen molar-refractivity contribution >= 4 is 54.0 Å². The Morgan fingerprint density at radius 2 is 1.77 bits per heavy atom. The number of carbonyl (C=O) groups is 1. The topological polar surface area (TPSA) is 85.8 Å². The van der Waals surface area contributed by atoms with Crippen LogP contribution in [0.15, 0.2) is 71.6 Å². The molecule has 3 aromatic carbocycles. The number of piperazine rings is 1. The minimum atomic E-state index is -3.77. The number of hydrogen-bond acceptors (Lipinski definition) is 7. The maximum Gasteiger partial charge on any atom is 0.263 e. The molecule has 1 saturated heterocycles. The number of nitrogens with zero attached hydrogens (tertiary/aromatic N) is 4. The lowest BCUT2D eigenvalue weighted by Crippen LogP contribution is -2.55. The third kappa shape index (κ3) is 5.23. The summed E-state index contributed by atoms with van der Waals surface area (Å²) in [7, 11) is -3.77. The predicted molar refractivity (Wildman–Crippen MR) is 161 cm³/mol. The molecule has 0 aliphatic carbocycles. The number of benzene rings is 3. The average Bonchev–Trinajstić information content (AvgIpc) is 3.37. The lowest BCUT2D eigenvalue weighted by atomic mass is 9.99. The van der Waals surface area contributed by atoms with Gasteiger partial charge in [-0.05, 0) is 79.9 Å². The average molecular weight is 584 g/mol. The second-order valence-electron chi connectivity index (χ2n) is 10.1. The third-order valence-corrected chi connectivity index (χ3v) is 10.1. The molecule has 0 bridgehead atoms. The van der Waals surface area contributed by atoms with Gasteiger partial charge >= 0.3 is 0 Å². The minimum absolute atomic E-state index is 0. The number of halogens is 1. The molecule has 1 atom stereocenters. The summed E-state index contributed by atoms with van der Waals surface area (Å²) in [5, 5.41) is 0.334. The molecule has 4 aromatic rings. The predicted octanol–water partition coefficient (Wildman–Crippen LogP) is 5.22. The van der Waals surface area contributed by atoms with Gasteiger partial charge in [-0.15, -0.1) is 0 Å². The van der Waals surface area contributed by atoms with Crippen LogP contribution in [0.5, 0.6) is 0 Å². The first-order chi connectivity index (χ1) is 19.3. The van der Waals surface area contributed by atoms with Crippen molar-refractivity contribution in [2.75, 3.05) is 47.2 Å². The van der Waals surface area contributed by atoms with Crippen molar-refractivity contribution in [2.45, 2.75) is 30.7 Å². The van der Waals surface area contributed by atoms with Gasteiger partial charge in [0.25, 0.3) is 10.0 Å². The third-order valence-electron chi connectivity index (χ3n) is 7.64. The van der Waals surface area contributed by atoms with Gasteiger partial charge < -0.3 is 14.7 Å². The van der Waals surface area contributed by atoms with E-state index >= 15 is 0 Å². The number of sulfonamides is 1. The van der Waals surface area contributed by atoms with E-state index in [1.54, 1.807) is 36.4 Å². The maximum absolute atomic E-state index is 13.7. The molecule has 0 saturated carbocycles. The minimum Gasteiger partial charge on any atom is -0.368 e. The molecule has 1 fully saturated rings. The number of amides is 1. The molecule has 1 N–H and O–H groups in total. The smallest absolute Gasteiger partial charge is 0.263 e. The van der Waals surface area contributed by atoms with Crippen molar-refractivity contribution in [1.29, 1.82) is 0 Å². The van der Waals surface area contributed by atoms with Gasteiger partial charge in [-0.3, -0.25) is 9.52 Å². The summed E-state index contributed by atoms with van der Waals surface area (Å²) < 4.78 is 43.1. The first kappa shape index (κ1) is 26.5. The summed E-state index contributed by atoms with van der Waals surface area (Å²) in [6, 6.07) is 18.8. The van der Waals surface area contributed by atoms with Crippen LogP contribution in [0.25, 0.3) is 10.2 Å². The van der Waals surface area contributed by atoms with E-state index in [0.29, 0.717) is 31.3 Å². The molecular formula is C29H34FN5O3S2. The van der Waals surface area contributed by atoms with Gasteiger partial charge in [-0.1, -0.05) is 23.5 Å². The molecule has 8 nitrogen and oxygen atoms in total. The Labute approximate surface area is 240 Å². The first-order valence-electron chi connectivity index (χ1n) is 13.4. The molecule has 1 amide bonds. The number of thiazole rings is 1. The Kier molecular flexibility index (Phi) is 7.09. The summed E-state index contributed by atoms with van der Waals surface area (Å²) in [5.41, 5.74) is 3.56. The summed E-state index contributed by atoms with van der Waals surface area (Å²) in [6.07, 6.45) is 1.71. The Bertz CT molecular complexity index is 1630. The number of aryl methyl sites for hydroxylation is 1. The standard InChI is InChI=1S/C29H30FN5O3S2.2H2/c1-20(35-14-4-5-21-19-22(30)8-13-26(21)35)28(36)34-17-15-33(16-18-34)23-9-11-24(12-10-23)40(37,38)32-29-31-25-6-2-3-7-27(25)39-29;;/h2-3,6-13,19-20H,4-5,14-18H2,1H3,(H,31,32);2*1H/t20-;;/m0../s1. The van der Waals surface area contributed by atoms with E-state index in [1.165, 1.54) is 17.4 Å². The molecule has 2 aliphatic heterocycles. The van der Waals surface area contributed by atoms with Gasteiger partial charge in [-0.2, -0.15) is 0 Å². The largest absolute Gasteiger partial charge is 0.368 e. The number of carbonyl (C=O) groups excluding carboxylic acids is 1. The Hall–Kier alpha value is -3.70. The number of nitrogens with one attached hydrogen (secondary N) is 1. The molecule has 6 rings (SSSR count). The van der Waals surface area contributed by atoms with Gasteiger partial charge in [0, 0.05) is 47.0 Å². The quantitative estimate of drug-likeness (QED) is 0.335. The summed E-state index contributed by atoms with van der Waals surface area (Å²) in [6.45, 7) is 5.15. The molecule has 0 unspecified atom stereocenters. The van der Waals surface area contributed by atoms with Gasteiger partial charge in [0.2, 0.25) is 5.91 Å². The second-order valence-corrected chi connectivity index (χ2v) is 12.9. The van der Waals surface area contributed by atoms with Gasteiger partial charge in [0.05, 0.1) is 15.1 Å². The molecular weight excluding hydrogens is 549 g/mol. The highest BCUT2D eigenvalue weighted by Gasteiger charge is 2.31.